The monoisotopic (exact) mass is 291 g/mol. The van der Waals surface area contributed by atoms with Crippen LogP contribution in [0.4, 0.5) is 5.95 Å². The first kappa shape index (κ1) is 13.0. The van der Waals surface area contributed by atoms with Gasteiger partial charge in [0, 0.05) is 6.54 Å². The van der Waals surface area contributed by atoms with Crippen molar-refractivity contribution in [1.29, 1.82) is 0 Å². The molecule has 0 fully saturated rings. The molecule has 0 atom stereocenters. The topological polar surface area (TPSA) is 81.4 Å². The Hall–Kier alpha value is -2.02. The molecule has 0 unspecified atom stereocenters. The number of nitrogens with one attached hydrogen (secondary N) is 1. The summed E-state index contributed by atoms with van der Waals surface area (Å²) in [5.74, 6) is 0.805. The van der Waals surface area contributed by atoms with E-state index in [-0.39, 0.29) is 5.28 Å². The van der Waals surface area contributed by atoms with Crippen LogP contribution in [0.15, 0.2) is 24.3 Å². The minimum atomic E-state index is 0.132. The average Bonchev–Trinajstić information content (AvgIpc) is 3.11. The maximum Gasteiger partial charge on any atom is 0.258 e. The van der Waals surface area contributed by atoms with Crippen molar-refractivity contribution in [3.05, 3.63) is 29.6 Å². The molecule has 0 spiro atoms. The minimum Gasteiger partial charge on any atom is -0.354 e. The molecule has 1 aliphatic carbocycles. The first-order valence-electron chi connectivity index (χ1n) is 6.49. The third-order valence-corrected chi connectivity index (χ3v) is 3.25. The van der Waals surface area contributed by atoms with Gasteiger partial charge in [-0.05, 0) is 37.3 Å². The van der Waals surface area contributed by atoms with Crippen LogP contribution in [0.3, 0.4) is 0 Å². The van der Waals surface area contributed by atoms with Gasteiger partial charge in [-0.1, -0.05) is 11.6 Å². The van der Waals surface area contributed by atoms with Crippen LogP contribution in [0.1, 0.15) is 25.7 Å². The van der Waals surface area contributed by atoms with E-state index >= 15 is 0 Å². The number of allylic oxidation sites excluding steroid dienone is 1. The fourth-order valence-electron chi connectivity index (χ4n) is 2.13. The molecule has 7 nitrogen and oxygen atoms in total. The Balaban J connectivity index is 1.67. The van der Waals surface area contributed by atoms with E-state index in [0.29, 0.717) is 11.9 Å². The lowest BCUT2D eigenvalue weighted by molar-refractivity contribution is 0.791. The Bertz CT molecular complexity index is 608. The van der Waals surface area contributed by atoms with Gasteiger partial charge in [-0.3, -0.25) is 0 Å². The highest BCUT2D eigenvalue weighted by Crippen LogP contribution is 2.20. The highest BCUT2D eigenvalue weighted by molar-refractivity contribution is 6.28. The number of hydrogen-bond donors (Lipinski definition) is 1. The van der Waals surface area contributed by atoms with E-state index < -0.39 is 0 Å². The predicted molar refractivity (Wildman–Crippen MR) is 74.8 cm³/mol. The molecule has 2 aromatic heterocycles. The van der Waals surface area contributed by atoms with E-state index in [2.05, 4.69) is 36.4 Å². The molecule has 0 saturated carbocycles. The summed E-state index contributed by atoms with van der Waals surface area (Å²) in [5, 5.41) is 7.27. The van der Waals surface area contributed by atoms with E-state index in [4.69, 9.17) is 11.6 Å². The smallest absolute Gasteiger partial charge is 0.258 e. The second kappa shape index (κ2) is 5.96. The van der Waals surface area contributed by atoms with Crippen LogP contribution in [0.2, 0.25) is 5.28 Å². The maximum absolute atomic E-state index is 5.90. The van der Waals surface area contributed by atoms with Crippen LogP contribution in [0, 0.1) is 0 Å². The molecule has 8 heteroatoms. The molecule has 0 amide bonds. The summed E-state index contributed by atoms with van der Waals surface area (Å²) < 4.78 is 1.44. The second-order valence-corrected chi connectivity index (χ2v) is 4.84. The zero-order valence-corrected chi connectivity index (χ0v) is 11.6. The first-order valence-corrected chi connectivity index (χ1v) is 6.87. The Morgan fingerprint density at radius 1 is 1.30 bits per heavy atom. The van der Waals surface area contributed by atoms with Crippen LogP contribution in [0.25, 0.3) is 5.95 Å². The van der Waals surface area contributed by atoms with E-state index in [0.717, 1.165) is 13.0 Å². The van der Waals surface area contributed by atoms with Crippen molar-refractivity contribution in [2.24, 2.45) is 0 Å². The van der Waals surface area contributed by atoms with Gasteiger partial charge in [0.2, 0.25) is 11.2 Å². The molecule has 20 heavy (non-hydrogen) atoms. The molecule has 2 heterocycles. The molecule has 1 N–H and O–H groups in total. The molecular formula is C12H14ClN7. The first-order chi connectivity index (χ1) is 9.81. The molecule has 1 aliphatic rings. The van der Waals surface area contributed by atoms with Gasteiger partial charge in [0.1, 0.15) is 12.7 Å². The van der Waals surface area contributed by atoms with Gasteiger partial charge in [0.05, 0.1) is 0 Å². The fourth-order valence-corrected chi connectivity index (χ4v) is 2.29. The van der Waals surface area contributed by atoms with Gasteiger partial charge in [0.15, 0.2) is 0 Å². The molecule has 0 saturated heterocycles. The lowest BCUT2D eigenvalue weighted by Gasteiger charge is -2.07. The third kappa shape index (κ3) is 3.11. The van der Waals surface area contributed by atoms with Crippen LogP contribution >= 0.6 is 11.6 Å². The highest BCUT2D eigenvalue weighted by atomic mass is 35.5. The Kier molecular flexibility index (Phi) is 3.87. The summed E-state index contributed by atoms with van der Waals surface area (Å²) in [6, 6.07) is 0. The summed E-state index contributed by atoms with van der Waals surface area (Å²) >= 11 is 5.90. The van der Waals surface area contributed by atoms with E-state index in [1.807, 2.05) is 0 Å². The molecule has 0 radical (unpaired) electrons. The zero-order chi connectivity index (χ0) is 13.8. The number of rotatable bonds is 5. The van der Waals surface area contributed by atoms with Gasteiger partial charge < -0.3 is 5.32 Å². The molecule has 0 bridgehead atoms. The summed E-state index contributed by atoms with van der Waals surface area (Å²) in [7, 11) is 0. The van der Waals surface area contributed by atoms with Gasteiger partial charge in [-0.25, -0.2) is 4.98 Å². The Morgan fingerprint density at radius 2 is 2.25 bits per heavy atom. The van der Waals surface area contributed by atoms with Crippen molar-refractivity contribution in [2.75, 3.05) is 11.9 Å². The van der Waals surface area contributed by atoms with Crippen molar-refractivity contribution in [3.63, 3.8) is 0 Å². The third-order valence-electron chi connectivity index (χ3n) is 3.08. The lowest BCUT2D eigenvalue weighted by Crippen LogP contribution is -2.10. The summed E-state index contributed by atoms with van der Waals surface area (Å²) in [6.45, 7) is 0.781. The Morgan fingerprint density at radius 3 is 3.00 bits per heavy atom. The summed E-state index contributed by atoms with van der Waals surface area (Å²) in [5.41, 5.74) is 1.49. The van der Waals surface area contributed by atoms with Crippen molar-refractivity contribution in [3.8, 4) is 5.95 Å². The molecule has 3 rings (SSSR count). The standard InChI is InChI=1S/C12H14ClN7/c13-10-17-11(15-6-5-9-3-1-2-4-9)19-12(18-10)20-8-14-7-16-20/h3,7-8H,1-2,4-6H2,(H,15,17,18,19). The van der Waals surface area contributed by atoms with Gasteiger partial charge >= 0.3 is 0 Å². The molecular weight excluding hydrogens is 278 g/mol. The number of nitrogens with zero attached hydrogens (tertiary/aromatic N) is 6. The molecule has 0 aliphatic heterocycles. The SMILES string of the molecule is Clc1nc(NCCC2=CCCC2)nc(-n2cncn2)n1. The van der Waals surface area contributed by atoms with Crippen molar-refractivity contribution < 1.29 is 0 Å². The summed E-state index contributed by atoms with van der Waals surface area (Å²) in [4.78, 5) is 16.2. The number of anilines is 1. The number of hydrogen-bond acceptors (Lipinski definition) is 6. The molecule has 2 aromatic rings. The van der Waals surface area contributed by atoms with Crippen molar-refractivity contribution >= 4 is 17.5 Å². The number of aromatic nitrogens is 6. The van der Waals surface area contributed by atoms with Gasteiger partial charge in [-0.15, -0.1) is 0 Å². The minimum absolute atomic E-state index is 0.132. The fraction of sp³-hybridized carbons (Fsp3) is 0.417. The lowest BCUT2D eigenvalue weighted by atomic mass is 10.2. The normalized spacial score (nSPS) is 14.3. The van der Waals surface area contributed by atoms with Gasteiger partial charge in [0.25, 0.3) is 5.95 Å². The maximum atomic E-state index is 5.90. The van der Waals surface area contributed by atoms with Crippen LogP contribution in [-0.4, -0.2) is 36.3 Å². The Labute approximate surface area is 121 Å². The largest absolute Gasteiger partial charge is 0.354 e. The highest BCUT2D eigenvalue weighted by Gasteiger charge is 2.08. The van der Waals surface area contributed by atoms with Crippen LogP contribution in [-0.2, 0) is 0 Å². The quantitative estimate of drug-likeness (QED) is 0.849. The van der Waals surface area contributed by atoms with E-state index in [9.17, 15) is 0 Å². The van der Waals surface area contributed by atoms with Crippen molar-refractivity contribution in [1.82, 2.24) is 29.7 Å². The van der Waals surface area contributed by atoms with Crippen LogP contribution < -0.4 is 5.32 Å². The number of halogens is 1. The molecule has 104 valence electrons. The molecule has 0 aromatic carbocycles. The van der Waals surface area contributed by atoms with E-state index in [1.165, 1.54) is 42.2 Å². The summed E-state index contributed by atoms with van der Waals surface area (Å²) in [6.07, 6.45) is 9.90. The second-order valence-electron chi connectivity index (χ2n) is 4.50. The van der Waals surface area contributed by atoms with Crippen molar-refractivity contribution in [2.45, 2.75) is 25.7 Å². The zero-order valence-electron chi connectivity index (χ0n) is 10.8. The average molecular weight is 292 g/mol. The van der Waals surface area contributed by atoms with E-state index in [1.54, 1.807) is 0 Å². The van der Waals surface area contributed by atoms with Crippen LogP contribution in [0.5, 0.6) is 0 Å². The van der Waals surface area contributed by atoms with Gasteiger partial charge in [-0.2, -0.15) is 24.7 Å². The predicted octanol–water partition coefficient (Wildman–Crippen LogP) is 2.02.